The van der Waals surface area contributed by atoms with Gasteiger partial charge in [-0.1, -0.05) is 30.4 Å². The molecule has 1 fully saturated rings. The van der Waals surface area contributed by atoms with E-state index in [1.165, 1.54) is 5.69 Å². The molecule has 1 amide bonds. The molecule has 36 heavy (non-hydrogen) atoms. The van der Waals surface area contributed by atoms with Crippen LogP contribution >= 0.6 is 0 Å². The number of pyridine rings is 1. The zero-order valence-electron chi connectivity index (χ0n) is 22.5. The Bertz CT molecular complexity index is 1040. The van der Waals surface area contributed by atoms with Gasteiger partial charge in [-0.2, -0.15) is 0 Å². The van der Waals surface area contributed by atoms with Crippen molar-refractivity contribution in [3.8, 4) is 0 Å². The fourth-order valence-corrected chi connectivity index (χ4v) is 4.05. The molecule has 1 aliphatic heterocycles. The van der Waals surface area contributed by atoms with Crippen LogP contribution in [-0.2, 0) is 11.3 Å². The van der Waals surface area contributed by atoms with E-state index in [1.807, 2.05) is 45.3 Å². The number of nitrogens with zero attached hydrogens (tertiary/aromatic N) is 5. The highest BCUT2D eigenvalue weighted by atomic mass is 16.2. The average molecular weight is 491 g/mol. The molecular formula is C29H42N6O. The van der Waals surface area contributed by atoms with Crippen molar-refractivity contribution in [1.82, 2.24) is 14.8 Å². The van der Waals surface area contributed by atoms with Crippen LogP contribution in [-0.4, -0.2) is 72.8 Å². The van der Waals surface area contributed by atoms with Crippen molar-refractivity contribution in [3.63, 3.8) is 0 Å². The first kappa shape index (κ1) is 28.9. The third-order valence-corrected chi connectivity index (χ3v) is 6.11. The second-order valence-corrected chi connectivity index (χ2v) is 8.90. The number of benzene rings is 1. The first-order valence-corrected chi connectivity index (χ1v) is 12.5. The number of nitrogens with two attached hydrogens (primary N) is 1. The number of aromatic nitrogens is 1. The van der Waals surface area contributed by atoms with E-state index >= 15 is 0 Å². The molecule has 1 saturated heterocycles. The molecule has 2 heterocycles. The van der Waals surface area contributed by atoms with Crippen LogP contribution < -0.4 is 10.6 Å². The highest BCUT2D eigenvalue weighted by Gasteiger charge is 2.20. The molecule has 0 spiro atoms. The molecule has 2 N–H and O–H groups in total. The number of likely N-dealkylation sites (N-methyl/N-ethyl adjacent to an activating group) is 1. The van der Waals surface area contributed by atoms with Gasteiger partial charge in [0.15, 0.2) is 0 Å². The van der Waals surface area contributed by atoms with Crippen molar-refractivity contribution in [2.75, 3.05) is 44.7 Å². The molecule has 0 radical (unpaired) electrons. The molecule has 0 aliphatic carbocycles. The summed E-state index contributed by atoms with van der Waals surface area (Å²) in [5.41, 5.74) is 11.0. The van der Waals surface area contributed by atoms with Gasteiger partial charge in [0.05, 0.1) is 12.7 Å². The molecule has 7 heteroatoms. The first-order valence-electron chi connectivity index (χ1n) is 12.5. The van der Waals surface area contributed by atoms with Gasteiger partial charge in [-0.3, -0.25) is 19.7 Å². The topological polar surface area (TPSA) is 78.1 Å². The maximum absolute atomic E-state index is 11.8. The van der Waals surface area contributed by atoms with E-state index in [-0.39, 0.29) is 18.6 Å². The van der Waals surface area contributed by atoms with E-state index in [9.17, 15) is 4.79 Å². The van der Waals surface area contributed by atoms with Crippen LogP contribution in [0.25, 0.3) is 5.57 Å². The molecular weight excluding hydrogens is 448 g/mol. The number of carbonyl (C=O) groups excluding carboxylic acids is 1. The van der Waals surface area contributed by atoms with Crippen LogP contribution in [0.4, 0.5) is 5.69 Å². The quantitative estimate of drug-likeness (QED) is 0.444. The number of amides is 1. The zero-order valence-corrected chi connectivity index (χ0v) is 22.5. The molecule has 2 aromatic rings. The Morgan fingerprint density at radius 3 is 2.53 bits per heavy atom. The van der Waals surface area contributed by atoms with Crippen molar-refractivity contribution in [2.24, 2.45) is 10.7 Å². The second-order valence-electron chi connectivity index (χ2n) is 8.90. The molecule has 3 rings (SSSR count). The molecule has 1 aliphatic rings. The maximum atomic E-state index is 11.8. The second kappa shape index (κ2) is 15.0. The molecule has 0 saturated carbocycles. The minimum absolute atomic E-state index is 0.0251. The number of aryl methyl sites for hydroxylation is 1. The Kier molecular flexibility index (Phi) is 12.0. The lowest BCUT2D eigenvalue weighted by molar-refractivity contribution is -0.128. The van der Waals surface area contributed by atoms with Crippen molar-refractivity contribution >= 4 is 23.4 Å². The van der Waals surface area contributed by atoms with E-state index in [2.05, 4.69) is 58.6 Å². The van der Waals surface area contributed by atoms with Crippen molar-refractivity contribution in [3.05, 3.63) is 78.1 Å². The standard InChI is InChI=1S/C26H36N6O.C3H6/c1-5-23(24-8-6-7-22(16-24)19-30(4)26(33)17-27)18-29-21(3)31-11-13-32(14-12-31)25-9-10-28-20(2)15-25;1-3-2/h5-10,15-16,18,21H,11-14,17,19,27H2,1-4H3;3H,1H2,2H3/b23-5+,29-18-;. The minimum Gasteiger partial charge on any atom is -0.369 e. The first-order chi connectivity index (χ1) is 17.3. The number of anilines is 1. The number of carbonyl (C=O) groups is 1. The van der Waals surface area contributed by atoms with Gasteiger partial charge in [-0.15, -0.1) is 6.58 Å². The summed E-state index contributed by atoms with van der Waals surface area (Å²) in [5, 5.41) is 0. The van der Waals surface area contributed by atoms with E-state index in [0.717, 1.165) is 48.6 Å². The third-order valence-electron chi connectivity index (χ3n) is 6.11. The summed E-state index contributed by atoms with van der Waals surface area (Å²) < 4.78 is 0. The molecule has 1 aromatic carbocycles. The van der Waals surface area contributed by atoms with Gasteiger partial charge >= 0.3 is 0 Å². The lowest BCUT2D eigenvalue weighted by Gasteiger charge is -2.37. The van der Waals surface area contributed by atoms with Crippen molar-refractivity contribution < 1.29 is 4.79 Å². The Balaban J connectivity index is 0.00000145. The van der Waals surface area contributed by atoms with Gasteiger partial charge in [0.2, 0.25) is 5.91 Å². The average Bonchev–Trinajstić information content (AvgIpc) is 2.89. The van der Waals surface area contributed by atoms with E-state index in [1.54, 1.807) is 18.0 Å². The van der Waals surface area contributed by atoms with Crippen LogP contribution in [0.5, 0.6) is 0 Å². The molecule has 1 atom stereocenters. The summed E-state index contributed by atoms with van der Waals surface area (Å²) in [7, 11) is 1.77. The number of piperazine rings is 1. The van der Waals surface area contributed by atoms with Crippen LogP contribution in [0.15, 0.2) is 66.3 Å². The van der Waals surface area contributed by atoms with Gasteiger partial charge in [0.25, 0.3) is 0 Å². The molecule has 194 valence electrons. The van der Waals surface area contributed by atoms with Gasteiger partial charge in [-0.25, -0.2) is 0 Å². The summed E-state index contributed by atoms with van der Waals surface area (Å²) in [6, 6.07) is 12.5. The number of hydrogen-bond acceptors (Lipinski definition) is 6. The number of aliphatic imine (C=N–C) groups is 1. The highest BCUT2D eigenvalue weighted by molar-refractivity contribution is 6.09. The lowest BCUT2D eigenvalue weighted by atomic mass is 10.0. The fourth-order valence-electron chi connectivity index (χ4n) is 4.05. The lowest BCUT2D eigenvalue weighted by Crippen LogP contribution is -2.49. The highest BCUT2D eigenvalue weighted by Crippen LogP contribution is 2.19. The molecule has 1 aromatic heterocycles. The molecule has 0 bridgehead atoms. The number of allylic oxidation sites excluding steroid dienone is 3. The van der Waals surface area contributed by atoms with Gasteiger partial charge in [-0.05, 0) is 62.6 Å². The number of hydrogen-bond donors (Lipinski definition) is 1. The Hall–Kier alpha value is -3.29. The SMILES string of the molecule is C/C=C(\C=N/C(C)N1CCN(c2ccnc(C)c2)CC1)c1cccc(CN(C)C(=O)CN)c1.C=CC. The van der Waals surface area contributed by atoms with E-state index in [0.29, 0.717) is 6.54 Å². The monoisotopic (exact) mass is 490 g/mol. The van der Waals surface area contributed by atoms with Crippen LogP contribution in [0, 0.1) is 6.92 Å². The van der Waals surface area contributed by atoms with Crippen LogP contribution in [0.2, 0.25) is 0 Å². The zero-order chi connectivity index (χ0) is 26.5. The summed E-state index contributed by atoms with van der Waals surface area (Å²) in [6.45, 7) is 15.9. The molecule has 7 nitrogen and oxygen atoms in total. The van der Waals surface area contributed by atoms with Crippen LogP contribution in [0.3, 0.4) is 0 Å². The predicted octanol–water partition coefficient (Wildman–Crippen LogP) is 4.14. The summed E-state index contributed by atoms with van der Waals surface area (Å²) in [5.74, 6) is -0.0683. The molecule has 1 unspecified atom stereocenters. The van der Waals surface area contributed by atoms with Crippen molar-refractivity contribution in [2.45, 2.75) is 40.4 Å². The fraction of sp³-hybridized carbons (Fsp3) is 0.414. The van der Waals surface area contributed by atoms with Gasteiger partial charge in [0.1, 0.15) is 0 Å². The Morgan fingerprint density at radius 2 is 1.92 bits per heavy atom. The van der Waals surface area contributed by atoms with E-state index < -0.39 is 0 Å². The third kappa shape index (κ3) is 8.73. The smallest absolute Gasteiger partial charge is 0.236 e. The summed E-state index contributed by atoms with van der Waals surface area (Å²) in [4.78, 5) is 27.4. The predicted molar refractivity (Wildman–Crippen MR) is 152 cm³/mol. The Morgan fingerprint density at radius 1 is 1.22 bits per heavy atom. The minimum atomic E-state index is -0.0683. The van der Waals surface area contributed by atoms with E-state index in [4.69, 9.17) is 10.7 Å². The number of rotatable bonds is 8. The van der Waals surface area contributed by atoms with Gasteiger partial charge < -0.3 is 15.5 Å². The Labute approximate surface area is 217 Å². The van der Waals surface area contributed by atoms with Crippen LogP contribution in [0.1, 0.15) is 37.6 Å². The van der Waals surface area contributed by atoms with Crippen molar-refractivity contribution in [1.29, 1.82) is 0 Å². The largest absolute Gasteiger partial charge is 0.369 e. The maximum Gasteiger partial charge on any atom is 0.236 e. The summed E-state index contributed by atoms with van der Waals surface area (Å²) in [6.07, 6.45) is 7.79. The van der Waals surface area contributed by atoms with Gasteiger partial charge in [0, 0.05) is 63.6 Å². The summed E-state index contributed by atoms with van der Waals surface area (Å²) >= 11 is 0. The normalized spacial score (nSPS) is 15.3.